The molecule has 0 heterocycles. The smallest absolute Gasteiger partial charge is 0.188 e. The largest absolute Gasteiger partial charge is 0.467 e. The molecule has 0 radical (unpaired) electrons. The number of allylic oxidation sites excluding steroid dienone is 1. The maximum absolute atomic E-state index is 5.54. The number of benzene rings is 1. The number of halogens is 1. The van der Waals surface area contributed by atoms with Crippen LogP contribution >= 0.6 is 15.9 Å². The van der Waals surface area contributed by atoms with Gasteiger partial charge in [0.1, 0.15) is 12.4 Å². The van der Waals surface area contributed by atoms with Crippen LogP contribution in [-0.2, 0) is 15.9 Å². The summed E-state index contributed by atoms with van der Waals surface area (Å²) in [4.78, 5) is 0. The van der Waals surface area contributed by atoms with Crippen LogP contribution < -0.4 is 4.74 Å². The van der Waals surface area contributed by atoms with Crippen LogP contribution in [0.3, 0.4) is 0 Å². The summed E-state index contributed by atoms with van der Waals surface area (Å²) >= 11 is 3.47. The lowest BCUT2D eigenvalue weighted by Crippen LogP contribution is -2.02. The van der Waals surface area contributed by atoms with Crippen LogP contribution in [0, 0.1) is 12.3 Å². The molecule has 0 unspecified atom stereocenters. The highest BCUT2D eigenvalue weighted by molar-refractivity contribution is 9.10. The Labute approximate surface area is 129 Å². The Morgan fingerprint density at radius 2 is 2.25 bits per heavy atom. The van der Waals surface area contributed by atoms with Crippen LogP contribution in [0.2, 0.25) is 0 Å². The Morgan fingerprint density at radius 1 is 1.45 bits per heavy atom. The topological polar surface area (TPSA) is 27.7 Å². The van der Waals surface area contributed by atoms with Gasteiger partial charge in [0.05, 0.1) is 6.61 Å². The molecule has 0 fully saturated rings. The summed E-state index contributed by atoms with van der Waals surface area (Å²) in [6.45, 7) is 3.14. The highest BCUT2D eigenvalue weighted by atomic mass is 79.9. The molecule has 0 atom stereocenters. The summed E-state index contributed by atoms with van der Waals surface area (Å²) in [5.41, 5.74) is 2.23. The van der Waals surface area contributed by atoms with Crippen LogP contribution in [0.25, 0.3) is 0 Å². The molecule has 108 valence electrons. The first-order chi connectivity index (χ1) is 9.67. The van der Waals surface area contributed by atoms with E-state index in [1.165, 1.54) is 0 Å². The highest BCUT2D eigenvalue weighted by Crippen LogP contribution is 2.24. The zero-order valence-corrected chi connectivity index (χ0v) is 13.4. The number of hydrogen-bond acceptors (Lipinski definition) is 3. The minimum absolute atomic E-state index is 0.239. The SMILES string of the molecule is C#CCOC/C(C)=C/Cc1cc(Br)ccc1OCOC. The van der Waals surface area contributed by atoms with Gasteiger partial charge in [0.25, 0.3) is 0 Å². The van der Waals surface area contributed by atoms with Gasteiger partial charge in [-0.25, -0.2) is 0 Å². The number of methoxy groups -OCH3 is 1. The van der Waals surface area contributed by atoms with Gasteiger partial charge in [0.2, 0.25) is 0 Å². The Hall–Kier alpha value is -1.28. The number of rotatable bonds is 8. The molecule has 0 aliphatic heterocycles. The molecule has 0 amide bonds. The molecule has 0 aromatic heterocycles. The lowest BCUT2D eigenvalue weighted by Gasteiger charge is -2.10. The van der Waals surface area contributed by atoms with Crippen molar-refractivity contribution in [3.05, 3.63) is 39.9 Å². The molecule has 0 aliphatic rings. The molecule has 0 saturated heterocycles. The van der Waals surface area contributed by atoms with Crippen LogP contribution in [0.15, 0.2) is 34.3 Å². The van der Waals surface area contributed by atoms with Crippen LogP contribution in [0.5, 0.6) is 5.75 Å². The molecular weight excluding hydrogens is 320 g/mol. The standard InChI is InChI=1S/C16H19BrO3/c1-4-9-19-11-13(2)5-6-14-10-15(17)7-8-16(14)20-12-18-3/h1,5,7-8,10H,6,9,11-12H2,2-3H3/b13-5+. The van der Waals surface area contributed by atoms with Crippen molar-refractivity contribution >= 4 is 15.9 Å². The van der Waals surface area contributed by atoms with Crippen molar-refractivity contribution in [2.24, 2.45) is 0 Å². The summed E-state index contributed by atoms with van der Waals surface area (Å²) in [7, 11) is 1.60. The second kappa shape index (κ2) is 9.60. The summed E-state index contributed by atoms with van der Waals surface area (Å²) < 4.78 is 16.8. The zero-order valence-electron chi connectivity index (χ0n) is 11.8. The van der Waals surface area contributed by atoms with Crippen molar-refractivity contribution in [1.29, 1.82) is 0 Å². The van der Waals surface area contributed by atoms with E-state index in [4.69, 9.17) is 20.6 Å². The summed E-state index contributed by atoms with van der Waals surface area (Å²) in [5, 5.41) is 0. The summed E-state index contributed by atoms with van der Waals surface area (Å²) in [5.74, 6) is 3.27. The van der Waals surface area contributed by atoms with Crippen LogP contribution in [0.1, 0.15) is 12.5 Å². The Bertz CT molecular complexity index is 489. The normalized spacial score (nSPS) is 11.2. The van der Waals surface area contributed by atoms with Gasteiger partial charge in [0.15, 0.2) is 6.79 Å². The van der Waals surface area contributed by atoms with Gasteiger partial charge in [-0.3, -0.25) is 0 Å². The third kappa shape index (κ3) is 6.25. The quantitative estimate of drug-likeness (QED) is 0.314. The van der Waals surface area contributed by atoms with Crippen molar-refractivity contribution < 1.29 is 14.2 Å². The van der Waals surface area contributed by atoms with Gasteiger partial charge in [-0.2, -0.15) is 0 Å². The molecule has 1 aromatic rings. The predicted octanol–water partition coefficient (Wildman–Crippen LogP) is 3.57. The molecule has 1 rings (SSSR count). The first-order valence-corrected chi connectivity index (χ1v) is 7.03. The second-order valence-electron chi connectivity index (χ2n) is 4.25. The molecule has 0 saturated carbocycles. The molecule has 0 N–H and O–H groups in total. The van der Waals surface area contributed by atoms with E-state index in [9.17, 15) is 0 Å². The number of terminal acetylenes is 1. The molecule has 20 heavy (non-hydrogen) atoms. The highest BCUT2D eigenvalue weighted by Gasteiger charge is 2.04. The fourth-order valence-corrected chi connectivity index (χ4v) is 1.99. The van der Waals surface area contributed by atoms with E-state index in [-0.39, 0.29) is 6.79 Å². The minimum Gasteiger partial charge on any atom is -0.467 e. The average Bonchev–Trinajstić information content (AvgIpc) is 2.44. The first kappa shape index (κ1) is 16.8. The van der Waals surface area contributed by atoms with E-state index in [1.54, 1.807) is 7.11 Å². The Morgan fingerprint density at radius 3 is 2.95 bits per heavy atom. The van der Waals surface area contributed by atoms with E-state index in [0.717, 1.165) is 27.8 Å². The van der Waals surface area contributed by atoms with Crippen LogP contribution in [0.4, 0.5) is 0 Å². The van der Waals surface area contributed by atoms with Crippen molar-refractivity contribution in [3.63, 3.8) is 0 Å². The van der Waals surface area contributed by atoms with E-state index < -0.39 is 0 Å². The zero-order chi connectivity index (χ0) is 14.8. The minimum atomic E-state index is 0.239. The second-order valence-corrected chi connectivity index (χ2v) is 5.17. The maximum atomic E-state index is 5.54. The van der Waals surface area contributed by atoms with Gasteiger partial charge < -0.3 is 14.2 Å². The van der Waals surface area contributed by atoms with Gasteiger partial charge in [0, 0.05) is 11.6 Å². The van der Waals surface area contributed by atoms with Crippen molar-refractivity contribution in [2.45, 2.75) is 13.3 Å². The lowest BCUT2D eigenvalue weighted by molar-refractivity contribution is 0.0505. The molecular formula is C16H19BrO3. The molecule has 3 nitrogen and oxygen atoms in total. The van der Waals surface area contributed by atoms with Crippen LogP contribution in [-0.4, -0.2) is 27.1 Å². The Balaban J connectivity index is 2.67. The fraction of sp³-hybridized carbons (Fsp3) is 0.375. The van der Waals surface area contributed by atoms with Gasteiger partial charge in [-0.15, -0.1) is 6.42 Å². The molecule has 4 heteroatoms. The molecule has 0 bridgehead atoms. The maximum Gasteiger partial charge on any atom is 0.188 e. The van der Waals surface area contributed by atoms with Gasteiger partial charge in [-0.05, 0) is 37.1 Å². The molecule has 0 spiro atoms. The molecule has 1 aromatic carbocycles. The van der Waals surface area contributed by atoms with Gasteiger partial charge in [-0.1, -0.05) is 33.5 Å². The third-order valence-electron chi connectivity index (χ3n) is 2.54. The lowest BCUT2D eigenvalue weighted by atomic mass is 10.1. The predicted molar refractivity (Wildman–Crippen MR) is 83.8 cm³/mol. The molecule has 0 aliphatic carbocycles. The van der Waals surface area contributed by atoms with E-state index in [2.05, 4.69) is 27.9 Å². The van der Waals surface area contributed by atoms with Crippen molar-refractivity contribution in [1.82, 2.24) is 0 Å². The summed E-state index contributed by atoms with van der Waals surface area (Å²) in [6, 6.07) is 5.91. The number of ether oxygens (including phenoxy) is 3. The third-order valence-corrected chi connectivity index (χ3v) is 3.03. The average molecular weight is 339 g/mol. The monoisotopic (exact) mass is 338 g/mol. The van der Waals surface area contributed by atoms with Crippen molar-refractivity contribution in [3.8, 4) is 18.1 Å². The fourth-order valence-electron chi connectivity index (χ4n) is 1.58. The van der Waals surface area contributed by atoms with Gasteiger partial charge >= 0.3 is 0 Å². The summed E-state index contributed by atoms with van der Waals surface area (Å²) in [6.07, 6.45) is 8.01. The first-order valence-electron chi connectivity index (χ1n) is 6.24. The van der Waals surface area contributed by atoms with E-state index in [1.807, 2.05) is 25.1 Å². The van der Waals surface area contributed by atoms with E-state index in [0.29, 0.717) is 13.2 Å². The number of hydrogen-bond donors (Lipinski definition) is 0. The Kier molecular flexibility index (Phi) is 8.05. The van der Waals surface area contributed by atoms with Crippen molar-refractivity contribution in [2.75, 3.05) is 27.1 Å². The van der Waals surface area contributed by atoms with E-state index >= 15 is 0 Å².